The summed E-state index contributed by atoms with van der Waals surface area (Å²) in [5.74, 6) is 0.0808. The predicted octanol–water partition coefficient (Wildman–Crippen LogP) is 2.10. The highest BCUT2D eigenvalue weighted by Gasteiger charge is 2.41. The van der Waals surface area contributed by atoms with Crippen molar-refractivity contribution in [3.8, 4) is 0 Å². The standard InChI is InChI=1S/C16H21FN2O2/c17-14-6-2-1-5-12(14)13-8-15(13)18-16(21)19-7-3-4-11(9-19)10-20/h1-2,5-6,11,13,15,20H,3-4,7-10H2,(H,18,21). The summed E-state index contributed by atoms with van der Waals surface area (Å²) in [7, 11) is 0. The summed E-state index contributed by atoms with van der Waals surface area (Å²) in [6.07, 6.45) is 2.70. The predicted molar refractivity (Wildman–Crippen MR) is 77.5 cm³/mol. The fourth-order valence-electron chi connectivity index (χ4n) is 3.12. The van der Waals surface area contributed by atoms with Gasteiger partial charge >= 0.3 is 6.03 Å². The Bertz CT molecular complexity index is 523. The molecule has 114 valence electrons. The van der Waals surface area contributed by atoms with Gasteiger partial charge in [0.1, 0.15) is 5.82 Å². The zero-order valence-electron chi connectivity index (χ0n) is 12.0. The van der Waals surface area contributed by atoms with Gasteiger partial charge in [-0.25, -0.2) is 9.18 Å². The molecule has 3 rings (SSSR count). The molecule has 4 nitrogen and oxygen atoms in total. The SMILES string of the molecule is O=C(NC1CC1c1ccccc1F)N1CCCC(CO)C1. The number of carbonyl (C=O) groups excluding carboxylic acids is 1. The number of urea groups is 1. The van der Waals surface area contributed by atoms with Gasteiger partial charge in [0.05, 0.1) is 0 Å². The second-order valence-electron chi connectivity index (χ2n) is 6.06. The van der Waals surface area contributed by atoms with Crippen molar-refractivity contribution in [2.75, 3.05) is 19.7 Å². The third kappa shape index (κ3) is 3.18. The molecule has 1 aromatic rings. The zero-order chi connectivity index (χ0) is 14.8. The molecule has 3 unspecified atom stereocenters. The Kier molecular flexibility index (Phi) is 4.10. The highest BCUT2D eigenvalue weighted by molar-refractivity contribution is 5.75. The van der Waals surface area contributed by atoms with Crippen LogP contribution in [0.4, 0.5) is 9.18 Å². The number of benzene rings is 1. The molecule has 0 spiro atoms. The van der Waals surface area contributed by atoms with Crippen molar-refractivity contribution in [2.45, 2.75) is 31.2 Å². The molecule has 1 aliphatic carbocycles. The van der Waals surface area contributed by atoms with E-state index in [1.807, 2.05) is 6.07 Å². The number of aliphatic hydroxyl groups is 1. The van der Waals surface area contributed by atoms with Crippen molar-refractivity contribution < 1.29 is 14.3 Å². The van der Waals surface area contributed by atoms with Crippen LogP contribution in [0.3, 0.4) is 0 Å². The van der Waals surface area contributed by atoms with E-state index in [1.54, 1.807) is 17.0 Å². The number of likely N-dealkylation sites (tertiary alicyclic amines) is 1. The quantitative estimate of drug-likeness (QED) is 0.896. The Morgan fingerprint density at radius 3 is 3.00 bits per heavy atom. The Morgan fingerprint density at radius 2 is 2.24 bits per heavy atom. The number of carbonyl (C=O) groups is 1. The second kappa shape index (κ2) is 6.02. The van der Waals surface area contributed by atoms with Crippen LogP contribution in [0.15, 0.2) is 24.3 Å². The molecule has 5 heteroatoms. The number of rotatable bonds is 3. The van der Waals surface area contributed by atoms with Crippen LogP contribution in [0.2, 0.25) is 0 Å². The van der Waals surface area contributed by atoms with Crippen LogP contribution in [0.5, 0.6) is 0 Å². The van der Waals surface area contributed by atoms with Gasteiger partial charge in [0.25, 0.3) is 0 Å². The van der Waals surface area contributed by atoms with Crippen molar-refractivity contribution in [3.05, 3.63) is 35.6 Å². The minimum atomic E-state index is -0.197. The number of hydrogen-bond donors (Lipinski definition) is 2. The minimum Gasteiger partial charge on any atom is -0.396 e. The van der Waals surface area contributed by atoms with Crippen LogP contribution in [0.25, 0.3) is 0 Å². The number of nitrogens with one attached hydrogen (secondary N) is 1. The second-order valence-corrected chi connectivity index (χ2v) is 6.06. The maximum Gasteiger partial charge on any atom is 0.317 e. The van der Waals surface area contributed by atoms with Gasteiger partial charge in [0.15, 0.2) is 0 Å². The molecule has 21 heavy (non-hydrogen) atoms. The Labute approximate surface area is 124 Å². The number of halogens is 1. The van der Waals surface area contributed by atoms with Crippen LogP contribution >= 0.6 is 0 Å². The lowest BCUT2D eigenvalue weighted by Crippen LogP contribution is -2.47. The number of amides is 2. The molecular formula is C16H21FN2O2. The van der Waals surface area contributed by atoms with E-state index in [-0.39, 0.29) is 36.3 Å². The van der Waals surface area contributed by atoms with Gasteiger partial charge < -0.3 is 15.3 Å². The lowest BCUT2D eigenvalue weighted by molar-refractivity contribution is 0.129. The number of aliphatic hydroxyl groups excluding tert-OH is 1. The van der Waals surface area contributed by atoms with Gasteiger partial charge in [0.2, 0.25) is 0 Å². The van der Waals surface area contributed by atoms with Crippen molar-refractivity contribution in [2.24, 2.45) is 5.92 Å². The first kappa shape index (κ1) is 14.3. The molecule has 1 heterocycles. The Hall–Kier alpha value is -1.62. The topological polar surface area (TPSA) is 52.6 Å². The average molecular weight is 292 g/mol. The van der Waals surface area contributed by atoms with E-state index in [2.05, 4.69) is 5.32 Å². The fourth-order valence-corrected chi connectivity index (χ4v) is 3.12. The molecule has 1 saturated carbocycles. The molecule has 1 saturated heterocycles. The third-order valence-corrected chi connectivity index (χ3v) is 4.47. The van der Waals surface area contributed by atoms with Crippen LogP contribution in [0.1, 0.15) is 30.7 Å². The number of nitrogens with zero attached hydrogens (tertiary/aromatic N) is 1. The molecule has 1 aromatic carbocycles. The van der Waals surface area contributed by atoms with Crippen LogP contribution in [0, 0.1) is 11.7 Å². The molecule has 3 atom stereocenters. The lowest BCUT2D eigenvalue weighted by Gasteiger charge is -2.31. The summed E-state index contributed by atoms with van der Waals surface area (Å²) in [5, 5.41) is 12.2. The van der Waals surface area contributed by atoms with Gasteiger partial charge in [-0.2, -0.15) is 0 Å². The lowest BCUT2D eigenvalue weighted by atomic mass is 9.99. The Morgan fingerprint density at radius 1 is 1.43 bits per heavy atom. The van der Waals surface area contributed by atoms with E-state index < -0.39 is 0 Å². The monoisotopic (exact) mass is 292 g/mol. The van der Waals surface area contributed by atoms with Gasteiger partial charge in [-0.1, -0.05) is 18.2 Å². The average Bonchev–Trinajstić information content (AvgIpc) is 3.26. The van der Waals surface area contributed by atoms with Crippen molar-refractivity contribution in [1.29, 1.82) is 0 Å². The van der Waals surface area contributed by atoms with Crippen molar-refractivity contribution >= 4 is 6.03 Å². The molecule has 0 aromatic heterocycles. The molecule has 2 N–H and O–H groups in total. The summed E-state index contributed by atoms with van der Waals surface area (Å²) in [6.45, 7) is 1.48. The first-order chi connectivity index (χ1) is 10.2. The Balaban J connectivity index is 1.54. The van der Waals surface area contributed by atoms with E-state index in [4.69, 9.17) is 0 Å². The molecule has 0 radical (unpaired) electrons. The molecule has 2 amide bonds. The largest absolute Gasteiger partial charge is 0.396 e. The third-order valence-electron chi connectivity index (χ3n) is 4.47. The smallest absolute Gasteiger partial charge is 0.317 e. The fraction of sp³-hybridized carbons (Fsp3) is 0.562. The molecule has 2 fully saturated rings. The van der Waals surface area contributed by atoms with Gasteiger partial charge in [-0.15, -0.1) is 0 Å². The minimum absolute atomic E-state index is 0.0314. The summed E-state index contributed by atoms with van der Waals surface area (Å²) in [5.41, 5.74) is 0.690. The summed E-state index contributed by atoms with van der Waals surface area (Å²) < 4.78 is 13.7. The molecular weight excluding hydrogens is 271 g/mol. The van der Waals surface area contributed by atoms with Crippen molar-refractivity contribution in [3.63, 3.8) is 0 Å². The maximum absolute atomic E-state index is 13.7. The van der Waals surface area contributed by atoms with Gasteiger partial charge in [-0.3, -0.25) is 0 Å². The first-order valence-electron chi connectivity index (χ1n) is 7.59. The molecule has 2 aliphatic rings. The van der Waals surface area contributed by atoms with Crippen molar-refractivity contribution in [1.82, 2.24) is 10.2 Å². The number of piperidine rings is 1. The first-order valence-corrected chi connectivity index (χ1v) is 7.59. The highest BCUT2D eigenvalue weighted by Crippen LogP contribution is 2.41. The normalized spacial score (nSPS) is 28.3. The van der Waals surface area contributed by atoms with E-state index in [0.717, 1.165) is 25.8 Å². The van der Waals surface area contributed by atoms with Gasteiger partial charge in [-0.05, 0) is 36.8 Å². The highest BCUT2D eigenvalue weighted by atomic mass is 19.1. The van der Waals surface area contributed by atoms with E-state index in [9.17, 15) is 14.3 Å². The van der Waals surface area contributed by atoms with Crippen LogP contribution in [-0.4, -0.2) is 41.8 Å². The zero-order valence-corrected chi connectivity index (χ0v) is 12.0. The van der Waals surface area contributed by atoms with E-state index in [0.29, 0.717) is 12.1 Å². The molecule has 0 bridgehead atoms. The summed E-state index contributed by atoms with van der Waals surface area (Å²) >= 11 is 0. The maximum atomic E-state index is 13.7. The van der Waals surface area contributed by atoms with Crippen LogP contribution < -0.4 is 5.32 Å². The summed E-state index contributed by atoms with van der Waals surface area (Å²) in [6, 6.07) is 6.70. The van der Waals surface area contributed by atoms with E-state index >= 15 is 0 Å². The van der Waals surface area contributed by atoms with Gasteiger partial charge in [0, 0.05) is 31.7 Å². The summed E-state index contributed by atoms with van der Waals surface area (Å²) in [4.78, 5) is 14.0. The van der Waals surface area contributed by atoms with Crippen LogP contribution in [-0.2, 0) is 0 Å². The van der Waals surface area contributed by atoms with E-state index in [1.165, 1.54) is 6.07 Å². The number of hydrogen-bond acceptors (Lipinski definition) is 2. The molecule has 1 aliphatic heterocycles.